The highest BCUT2D eigenvalue weighted by molar-refractivity contribution is 7.12. The van der Waals surface area contributed by atoms with E-state index in [0.29, 0.717) is 0 Å². The Bertz CT molecular complexity index is 538. The van der Waals surface area contributed by atoms with Gasteiger partial charge in [0.15, 0.2) is 0 Å². The van der Waals surface area contributed by atoms with Crippen LogP contribution in [0.2, 0.25) is 0 Å². The monoisotopic (exact) mass is 249 g/mol. The fraction of sp³-hybridized carbons (Fsp3) is 0.545. The number of aromatic nitrogens is 3. The van der Waals surface area contributed by atoms with Crippen LogP contribution >= 0.6 is 11.5 Å². The summed E-state index contributed by atoms with van der Waals surface area (Å²) in [6, 6.07) is 0.226. The van der Waals surface area contributed by atoms with Crippen LogP contribution in [0.25, 0.3) is 10.2 Å². The van der Waals surface area contributed by atoms with Crippen molar-refractivity contribution in [2.75, 3.05) is 6.54 Å². The minimum Gasteiger partial charge on any atom is -0.268 e. The number of aryl methyl sites for hydroxylation is 1. The second-order valence-corrected chi connectivity index (χ2v) is 5.21. The Morgan fingerprint density at radius 3 is 3.18 bits per heavy atom. The van der Waals surface area contributed by atoms with E-state index in [9.17, 15) is 0 Å². The summed E-state index contributed by atoms with van der Waals surface area (Å²) in [5.74, 6) is 6.84. The minimum absolute atomic E-state index is 0.226. The molecule has 5 nitrogen and oxygen atoms in total. The summed E-state index contributed by atoms with van der Waals surface area (Å²) < 4.78 is 4.53. The van der Waals surface area contributed by atoms with Crippen molar-refractivity contribution in [3.8, 4) is 0 Å². The predicted molar refractivity (Wildman–Crippen MR) is 67.4 cm³/mol. The van der Waals surface area contributed by atoms with Crippen molar-refractivity contribution in [3.05, 3.63) is 17.7 Å². The molecule has 2 N–H and O–H groups in total. The number of hydrogen-bond acceptors (Lipinski definition) is 6. The molecule has 1 unspecified atom stereocenters. The smallest absolute Gasteiger partial charge is 0.147 e. The van der Waals surface area contributed by atoms with E-state index in [2.05, 4.69) is 14.3 Å². The Morgan fingerprint density at radius 2 is 2.35 bits per heavy atom. The van der Waals surface area contributed by atoms with E-state index in [0.717, 1.165) is 34.7 Å². The number of piperidine rings is 1. The van der Waals surface area contributed by atoms with Gasteiger partial charge in [0.25, 0.3) is 0 Å². The van der Waals surface area contributed by atoms with Crippen molar-refractivity contribution in [2.45, 2.75) is 32.2 Å². The molecule has 0 aliphatic carbocycles. The van der Waals surface area contributed by atoms with Gasteiger partial charge < -0.3 is 0 Å². The van der Waals surface area contributed by atoms with E-state index in [4.69, 9.17) is 5.84 Å². The van der Waals surface area contributed by atoms with Crippen molar-refractivity contribution in [1.82, 2.24) is 19.4 Å². The Labute approximate surface area is 104 Å². The first kappa shape index (κ1) is 11.0. The lowest BCUT2D eigenvalue weighted by Gasteiger charge is -2.30. The van der Waals surface area contributed by atoms with Crippen molar-refractivity contribution < 1.29 is 0 Å². The molecule has 1 fully saturated rings. The van der Waals surface area contributed by atoms with Gasteiger partial charge in [0.05, 0.1) is 17.1 Å². The zero-order valence-corrected chi connectivity index (χ0v) is 10.6. The van der Waals surface area contributed by atoms with E-state index < -0.39 is 0 Å². The average Bonchev–Trinajstić information content (AvgIpc) is 2.72. The van der Waals surface area contributed by atoms with Crippen LogP contribution in [0.1, 0.15) is 36.8 Å². The summed E-state index contributed by atoms with van der Waals surface area (Å²) in [5.41, 5.74) is 1.05. The van der Waals surface area contributed by atoms with Gasteiger partial charge in [-0.2, -0.15) is 4.37 Å². The molecule has 17 heavy (non-hydrogen) atoms. The predicted octanol–water partition coefficient (Wildman–Crippen LogP) is 1.80. The zero-order chi connectivity index (χ0) is 11.8. The molecule has 0 spiro atoms. The van der Waals surface area contributed by atoms with Crippen LogP contribution < -0.4 is 5.84 Å². The van der Waals surface area contributed by atoms with Gasteiger partial charge >= 0.3 is 0 Å². The molecule has 1 atom stereocenters. The molecule has 0 bridgehead atoms. The van der Waals surface area contributed by atoms with Crippen LogP contribution in [0.3, 0.4) is 0 Å². The molecule has 0 aromatic carbocycles. The first-order valence-corrected chi connectivity index (χ1v) is 6.63. The van der Waals surface area contributed by atoms with Crippen LogP contribution in [-0.2, 0) is 0 Å². The molecule has 6 heteroatoms. The van der Waals surface area contributed by atoms with Crippen LogP contribution in [-0.4, -0.2) is 25.9 Å². The SMILES string of the molecule is Cc1ncc2c(C3CCCCN3N)nsc2n1. The number of rotatable bonds is 1. The topological polar surface area (TPSA) is 67.9 Å². The van der Waals surface area contributed by atoms with Crippen LogP contribution in [0.4, 0.5) is 0 Å². The maximum absolute atomic E-state index is 6.05. The lowest BCUT2D eigenvalue weighted by atomic mass is 10.00. The second kappa shape index (κ2) is 4.29. The fourth-order valence-corrected chi connectivity index (χ4v) is 3.16. The summed E-state index contributed by atoms with van der Waals surface area (Å²) in [5, 5.41) is 2.96. The molecule has 3 rings (SSSR count). The molecular weight excluding hydrogens is 234 g/mol. The third-order valence-electron chi connectivity index (χ3n) is 3.24. The van der Waals surface area contributed by atoms with E-state index in [1.807, 2.05) is 18.1 Å². The third kappa shape index (κ3) is 1.92. The lowest BCUT2D eigenvalue weighted by Crippen LogP contribution is -2.39. The van der Waals surface area contributed by atoms with Gasteiger partial charge in [-0.3, -0.25) is 5.84 Å². The Balaban J connectivity index is 2.05. The standard InChI is InChI=1S/C11H15N5S/c1-7-13-6-8-10(15-17-11(8)14-7)9-4-2-3-5-16(9)12/h6,9H,2-5,12H2,1H3. The molecule has 1 aliphatic rings. The highest BCUT2D eigenvalue weighted by atomic mass is 32.1. The van der Waals surface area contributed by atoms with E-state index in [1.54, 1.807) is 0 Å². The third-order valence-corrected chi connectivity index (χ3v) is 4.01. The number of hydrazine groups is 1. The van der Waals surface area contributed by atoms with Gasteiger partial charge in [-0.1, -0.05) is 6.42 Å². The molecule has 0 amide bonds. The maximum Gasteiger partial charge on any atom is 0.147 e. The summed E-state index contributed by atoms with van der Waals surface area (Å²) in [7, 11) is 0. The zero-order valence-electron chi connectivity index (χ0n) is 9.76. The van der Waals surface area contributed by atoms with Crippen LogP contribution in [0.15, 0.2) is 6.20 Å². The molecule has 2 aromatic rings. The molecule has 0 saturated carbocycles. The van der Waals surface area contributed by atoms with Crippen molar-refractivity contribution in [2.24, 2.45) is 5.84 Å². The number of nitrogens with zero attached hydrogens (tertiary/aromatic N) is 4. The average molecular weight is 249 g/mol. The lowest BCUT2D eigenvalue weighted by molar-refractivity contribution is 0.150. The van der Waals surface area contributed by atoms with Gasteiger partial charge in [-0.25, -0.2) is 15.0 Å². The van der Waals surface area contributed by atoms with Crippen molar-refractivity contribution in [1.29, 1.82) is 0 Å². The molecule has 1 aliphatic heterocycles. The van der Waals surface area contributed by atoms with Gasteiger partial charge in [0.1, 0.15) is 10.7 Å². The Hall–Kier alpha value is -1.11. The van der Waals surface area contributed by atoms with Gasteiger partial charge in [-0.15, -0.1) is 0 Å². The normalized spacial score (nSPS) is 22.1. The summed E-state index contributed by atoms with van der Waals surface area (Å²) in [4.78, 5) is 9.62. The number of nitrogens with two attached hydrogens (primary N) is 1. The van der Waals surface area contributed by atoms with E-state index >= 15 is 0 Å². The quantitative estimate of drug-likeness (QED) is 0.780. The number of hydrogen-bond donors (Lipinski definition) is 1. The van der Waals surface area contributed by atoms with E-state index in [-0.39, 0.29) is 6.04 Å². The molecule has 90 valence electrons. The fourth-order valence-electron chi connectivity index (χ4n) is 2.32. The first-order valence-electron chi connectivity index (χ1n) is 5.86. The minimum atomic E-state index is 0.226. The second-order valence-electron chi connectivity index (χ2n) is 4.45. The first-order chi connectivity index (χ1) is 8.25. The highest BCUT2D eigenvalue weighted by Gasteiger charge is 2.25. The van der Waals surface area contributed by atoms with Gasteiger partial charge in [0, 0.05) is 12.7 Å². The van der Waals surface area contributed by atoms with E-state index in [1.165, 1.54) is 24.4 Å². The maximum atomic E-state index is 6.05. The van der Waals surface area contributed by atoms with Crippen LogP contribution in [0.5, 0.6) is 0 Å². The summed E-state index contributed by atoms with van der Waals surface area (Å²) >= 11 is 1.44. The Morgan fingerprint density at radius 1 is 1.47 bits per heavy atom. The highest BCUT2D eigenvalue weighted by Crippen LogP contribution is 2.33. The Kier molecular flexibility index (Phi) is 2.78. The largest absolute Gasteiger partial charge is 0.268 e. The summed E-state index contributed by atoms with van der Waals surface area (Å²) in [6.07, 6.45) is 5.33. The molecule has 1 saturated heterocycles. The molecule has 2 aromatic heterocycles. The molecule has 3 heterocycles. The van der Waals surface area contributed by atoms with Gasteiger partial charge in [-0.05, 0) is 31.3 Å². The summed E-state index contributed by atoms with van der Waals surface area (Å²) in [6.45, 7) is 2.84. The molecule has 0 radical (unpaired) electrons. The van der Waals surface area contributed by atoms with Gasteiger partial charge in [0.2, 0.25) is 0 Å². The van der Waals surface area contributed by atoms with Crippen molar-refractivity contribution in [3.63, 3.8) is 0 Å². The van der Waals surface area contributed by atoms with Crippen molar-refractivity contribution >= 4 is 21.7 Å². The van der Waals surface area contributed by atoms with Crippen LogP contribution in [0, 0.1) is 6.92 Å². The number of fused-ring (bicyclic) bond motifs is 1. The molecular formula is C11H15N5S.